The van der Waals surface area contributed by atoms with Gasteiger partial charge in [-0.15, -0.1) is 0 Å². The van der Waals surface area contributed by atoms with Gasteiger partial charge in [0.1, 0.15) is 6.17 Å². The molecule has 1 heterocycles. The molecule has 0 aliphatic carbocycles. The molecule has 0 saturated carbocycles. The van der Waals surface area contributed by atoms with Crippen LogP contribution in [0.2, 0.25) is 0 Å². The van der Waals surface area contributed by atoms with Crippen LogP contribution in [0.25, 0.3) is 0 Å². The number of nitrogens with zero attached hydrogens (tertiary/aromatic N) is 1. The van der Waals surface area contributed by atoms with Gasteiger partial charge < -0.3 is 14.9 Å². The summed E-state index contributed by atoms with van der Waals surface area (Å²) < 4.78 is 13.0. The first-order valence-corrected chi connectivity index (χ1v) is 5.02. The molecule has 1 saturated heterocycles. The van der Waals surface area contributed by atoms with Gasteiger partial charge in [-0.3, -0.25) is 0 Å². The van der Waals surface area contributed by atoms with E-state index in [-0.39, 0.29) is 0 Å². The molecule has 0 spiro atoms. The van der Waals surface area contributed by atoms with Gasteiger partial charge in [-0.05, 0) is 24.0 Å². The highest BCUT2D eigenvalue weighted by atomic mass is 19.1. The summed E-state index contributed by atoms with van der Waals surface area (Å²) in [6.45, 7) is 1.08. The van der Waals surface area contributed by atoms with Crippen molar-refractivity contribution >= 4 is 18.3 Å². The summed E-state index contributed by atoms with van der Waals surface area (Å²) in [5.74, 6) is 0. The molecule has 1 aliphatic heterocycles. The number of benzene rings is 1. The standard InChI is InChI=1S/C10H13BFNO2/c12-9-4-5-13(7-9)10-3-1-2-8(6-10)11(14)15/h1-3,6,9,14-15H,4-5,7H2/t9-/m1/s1. The summed E-state index contributed by atoms with van der Waals surface area (Å²) in [5, 5.41) is 18.0. The number of hydrogen-bond donors (Lipinski definition) is 2. The van der Waals surface area contributed by atoms with Crippen molar-refractivity contribution in [2.45, 2.75) is 12.6 Å². The lowest BCUT2D eigenvalue weighted by molar-refractivity contribution is 0.364. The summed E-state index contributed by atoms with van der Waals surface area (Å²) in [4.78, 5) is 1.91. The summed E-state index contributed by atoms with van der Waals surface area (Å²) in [7, 11) is -1.46. The largest absolute Gasteiger partial charge is 0.488 e. The van der Waals surface area contributed by atoms with Gasteiger partial charge in [-0.1, -0.05) is 12.1 Å². The van der Waals surface area contributed by atoms with Crippen LogP contribution in [-0.2, 0) is 0 Å². The number of halogens is 1. The molecule has 0 bridgehead atoms. The topological polar surface area (TPSA) is 43.7 Å². The van der Waals surface area contributed by atoms with E-state index in [0.29, 0.717) is 25.0 Å². The van der Waals surface area contributed by atoms with Crippen molar-refractivity contribution in [3.05, 3.63) is 24.3 Å². The van der Waals surface area contributed by atoms with Crippen molar-refractivity contribution in [1.29, 1.82) is 0 Å². The van der Waals surface area contributed by atoms with Crippen molar-refractivity contribution in [2.24, 2.45) is 0 Å². The van der Waals surface area contributed by atoms with Crippen LogP contribution in [0, 0.1) is 0 Å². The van der Waals surface area contributed by atoms with Crippen LogP contribution in [-0.4, -0.2) is 36.4 Å². The van der Waals surface area contributed by atoms with Crippen LogP contribution >= 0.6 is 0 Å². The fraction of sp³-hybridized carbons (Fsp3) is 0.400. The van der Waals surface area contributed by atoms with E-state index in [0.717, 1.165) is 5.69 Å². The fourth-order valence-corrected chi connectivity index (χ4v) is 1.83. The van der Waals surface area contributed by atoms with Crippen LogP contribution in [0.15, 0.2) is 24.3 Å². The highest BCUT2D eigenvalue weighted by Gasteiger charge is 2.22. The Labute approximate surface area is 88.3 Å². The third kappa shape index (κ3) is 2.30. The molecule has 3 nitrogen and oxygen atoms in total. The second-order valence-electron chi connectivity index (χ2n) is 3.80. The van der Waals surface area contributed by atoms with Gasteiger partial charge in [0.05, 0.1) is 0 Å². The lowest BCUT2D eigenvalue weighted by Gasteiger charge is -2.18. The van der Waals surface area contributed by atoms with E-state index in [1.807, 2.05) is 11.0 Å². The Kier molecular flexibility index (Phi) is 2.93. The molecular formula is C10H13BFNO2. The molecule has 0 aromatic heterocycles. The average Bonchev–Trinajstić information content (AvgIpc) is 2.65. The molecule has 2 rings (SSSR count). The fourth-order valence-electron chi connectivity index (χ4n) is 1.83. The van der Waals surface area contributed by atoms with Crippen molar-refractivity contribution in [2.75, 3.05) is 18.0 Å². The maximum Gasteiger partial charge on any atom is 0.488 e. The van der Waals surface area contributed by atoms with Gasteiger partial charge in [0.25, 0.3) is 0 Å². The molecule has 15 heavy (non-hydrogen) atoms. The van der Waals surface area contributed by atoms with Crippen LogP contribution in [0.1, 0.15) is 6.42 Å². The molecule has 0 radical (unpaired) electrons. The second-order valence-corrected chi connectivity index (χ2v) is 3.80. The van der Waals surface area contributed by atoms with Crippen LogP contribution in [0.3, 0.4) is 0 Å². The van der Waals surface area contributed by atoms with E-state index in [1.54, 1.807) is 18.2 Å². The summed E-state index contributed by atoms with van der Waals surface area (Å²) >= 11 is 0. The lowest BCUT2D eigenvalue weighted by Crippen LogP contribution is -2.31. The Morgan fingerprint density at radius 3 is 2.80 bits per heavy atom. The molecule has 0 amide bonds. The predicted molar refractivity (Wildman–Crippen MR) is 58.0 cm³/mol. The smallest absolute Gasteiger partial charge is 0.423 e. The lowest BCUT2D eigenvalue weighted by atomic mass is 9.80. The zero-order valence-electron chi connectivity index (χ0n) is 8.31. The Balaban J connectivity index is 2.18. The van der Waals surface area contributed by atoms with E-state index < -0.39 is 13.3 Å². The van der Waals surface area contributed by atoms with E-state index in [9.17, 15) is 4.39 Å². The van der Waals surface area contributed by atoms with E-state index in [1.165, 1.54) is 0 Å². The zero-order valence-corrected chi connectivity index (χ0v) is 8.31. The molecule has 1 aromatic carbocycles. The quantitative estimate of drug-likeness (QED) is 0.669. The molecule has 1 aromatic rings. The minimum absolute atomic E-state index is 0.394. The van der Waals surface area contributed by atoms with Crippen molar-refractivity contribution < 1.29 is 14.4 Å². The number of alkyl halides is 1. The predicted octanol–water partition coefficient (Wildman–Crippen LogP) is -0.0854. The van der Waals surface area contributed by atoms with Crippen LogP contribution in [0.4, 0.5) is 10.1 Å². The average molecular weight is 209 g/mol. The van der Waals surface area contributed by atoms with Gasteiger partial charge >= 0.3 is 7.12 Å². The van der Waals surface area contributed by atoms with Gasteiger partial charge in [0.2, 0.25) is 0 Å². The maximum absolute atomic E-state index is 13.0. The summed E-state index contributed by atoms with van der Waals surface area (Å²) in [6.07, 6.45) is -0.223. The number of rotatable bonds is 2. The Bertz CT molecular complexity index is 348. The van der Waals surface area contributed by atoms with Crippen molar-refractivity contribution in [3.8, 4) is 0 Å². The first kappa shape index (κ1) is 10.5. The molecule has 1 aliphatic rings. The molecule has 1 atom stereocenters. The molecule has 80 valence electrons. The zero-order chi connectivity index (χ0) is 10.8. The maximum atomic E-state index is 13.0. The highest BCUT2D eigenvalue weighted by Crippen LogP contribution is 2.20. The molecule has 1 fully saturated rings. The summed E-state index contributed by atoms with van der Waals surface area (Å²) in [6, 6.07) is 6.92. The Morgan fingerprint density at radius 1 is 1.40 bits per heavy atom. The van der Waals surface area contributed by atoms with Gasteiger partial charge in [-0.2, -0.15) is 0 Å². The SMILES string of the molecule is OB(O)c1cccc(N2CC[C@@H](F)C2)c1. The van der Waals surface area contributed by atoms with Crippen molar-refractivity contribution in [1.82, 2.24) is 0 Å². The van der Waals surface area contributed by atoms with E-state index in [2.05, 4.69) is 0 Å². The minimum Gasteiger partial charge on any atom is -0.423 e. The monoisotopic (exact) mass is 209 g/mol. The third-order valence-electron chi connectivity index (χ3n) is 2.66. The Morgan fingerprint density at radius 2 is 2.20 bits per heavy atom. The van der Waals surface area contributed by atoms with E-state index in [4.69, 9.17) is 10.0 Å². The second kappa shape index (κ2) is 4.20. The van der Waals surface area contributed by atoms with Gasteiger partial charge in [0.15, 0.2) is 0 Å². The first-order chi connectivity index (χ1) is 7.16. The number of anilines is 1. The summed E-state index contributed by atoms with van der Waals surface area (Å²) in [5.41, 5.74) is 1.29. The molecule has 5 heteroatoms. The normalized spacial score (nSPS) is 20.7. The molecule has 0 unspecified atom stereocenters. The third-order valence-corrected chi connectivity index (χ3v) is 2.66. The molecule has 2 N–H and O–H groups in total. The highest BCUT2D eigenvalue weighted by molar-refractivity contribution is 6.58. The van der Waals surface area contributed by atoms with E-state index >= 15 is 0 Å². The number of hydrogen-bond acceptors (Lipinski definition) is 3. The van der Waals surface area contributed by atoms with Gasteiger partial charge in [0, 0.05) is 18.8 Å². The van der Waals surface area contributed by atoms with Crippen LogP contribution < -0.4 is 10.4 Å². The minimum atomic E-state index is -1.46. The Hall–Kier alpha value is -1.07. The first-order valence-electron chi connectivity index (χ1n) is 5.02. The van der Waals surface area contributed by atoms with Gasteiger partial charge in [-0.25, -0.2) is 4.39 Å². The molecular weight excluding hydrogens is 196 g/mol. The van der Waals surface area contributed by atoms with Crippen LogP contribution in [0.5, 0.6) is 0 Å². The van der Waals surface area contributed by atoms with Crippen molar-refractivity contribution in [3.63, 3.8) is 0 Å².